The number of ether oxygens (including phenoxy) is 1. The highest BCUT2D eigenvalue weighted by atomic mass is 16.5. The quantitative estimate of drug-likeness (QED) is 0.595. The Balaban J connectivity index is 1.45. The molecule has 0 amide bonds. The van der Waals surface area contributed by atoms with E-state index in [0.29, 0.717) is 6.54 Å². The average molecular weight is 327 g/mol. The van der Waals surface area contributed by atoms with Crippen molar-refractivity contribution < 1.29 is 4.74 Å². The van der Waals surface area contributed by atoms with Crippen molar-refractivity contribution in [2.75, 3.05) is 45.9 Å². The summed E-state index contributed by atoms with van der Waals surface area (Å²) in [5, 5.41) is 8.87. The Hall–Kier alpha value is -1.57. The molecular weight excluding hydrogens is 298 g/mol. The van der Waals surface area contributed by atoms with Gasteiger partial charge in [0.1, 0.15) is 5.75 Å². The van der Waals surface area contributed by atoms with E-state index in [1.165, 1.54) is 43.5 Å². The molecule has 4 heteroatoms. The lowest BCUT2D eigenvalue weighted by molar-refractivity contribution is 0.205. The Kier molecular flexibility index (Phi) is 6.51. The summed E-state index contributed by atoms with van der Waals surface area (Å²) in [6.45, 7) is 6.98. The molecule has 3 rings (SSSR count). The zero-order valence-corrected chi connectivity index (χ0v) is 14.7. The maximum absolute atomic E-state index is 8.87. The van der Waals surface area contributed by atoms with Gasteiger partial charge < -0.3 is 9.64 Å². The van der Waals surface area contributed by atoms with E-state index in [4.69, 9.17) is 10.00 Å². The molecule has 1 aromatic carbocycles. The van der Waals surface area contributed by atoms with Crippen molar-refractivity contribution in [2.45, 2.75) is 38.5 Å². The van der Waals surface area contributed by atoms with E-state index in [1.807, 2.05) is 0 Å². The minimum absolute atomic E-state index is 0.536. The van der Waals surface area contributed by atoms with Crippen LogP contribution in [-0.2, 0) is 12.8 Å². The van der Waals surface area contributed by atoms with E-state index in [2.05, 4.69) is 34.1 Å². The third-order valence-corrected chi connectivity index (χ3v) is 5.20. The Morgan fingerprint density at radius 2 is 1.75 bits per heavy atom. The highest BCUT2D eigenvalue weighted by Gasteiger charge is 2.14. The van der Waals surface area contributed by atoms with Crippen LogP contribution in [0.15, 0.2) is 18.2 Å². The molecular formula is C20H29N3O. The Labute approximate surface area is 146 Å². The van der Waals surface area contributed by atoms with Gasteiger partial charge in [-0.3, -0.25) is 4.90 Å². The van der Waals surface area contributed by atoms with Gasteiger partial charge >= 0.3 is 0 Å². The van der Waals surface area contributed by atoms with Gasteiger partial charge in [0.25, 0.3) is 0 Å². The van der Waals surface area contributed by atoms with Crippen LogP contribution in [-0.4, -0.2) is 55.7 Å². The standard InChI is InChI=1S/C20H29N3O/c21-9-15-23-13-7-18-5-6-20(17-19(18)8-14-23)24-16-4-12-22-10-2-1-3-11-22/h5-6,17H,1-4,7-8,10-16H2. The van der Waals surface area contributed by atoms with Crippen LogP contribution in [0, 0.1) is 11.3 Å². The molecule has 0 radical (unpaired) electrons. The van der Waals surface area contributed by atoms with Gasteiger partial charge in [-0.2, -0.15) is 5.26 Å². The number of rotatable bonds is 6. The fourth-order valence-corrected chi connectivity index (χ4v) is 3.76. The second kappa shape index (κ2) is 9.05. The number of likely N-dealkylation sites (tertiary alicyclic amines) is 1. The highest BCUT2D eigenvalue weighted by molar-refractivity contribution is 5.36. The van der Waals surface area contributed by atoms with Crippen molar-refractivity contribution in [3.05, 3.63) is 29.3 Å². The molecule has 0 unspecified atom stereocenters. The van der Waals surface area contributed by atoms with E-state index >= 15 is 0 Å². The largest absolute Gasteiger partial charge is 0.494 e. The minimum atomic E-state index is 0.536. The molecule has 130 valence electrons. The van der Waals surface area contributed by atoms with Crippen LogP contribution in [0.2, 0.25) is 0 Å². The molecule has 4 nitrogen and oxygen atoms in total. The van der Waals surface area contributed by atoms with E-state index < -0.39 is 0 Å². The summed E-state index contributed by atoms with van der Waals surface area (Å²) in [4.78, 5) is 4.80. The molecule has 1 fully saturated rings. The monoisotopic (exact) mass is 327 g/mol. The number of benzene rings is 1. The first-order valence-corrected chi connectivity index (χ1v) is 9.41. The van der Waals surface area contributed by atoms with Gasteiger partial charge in [0.2, 0.25) is 0 Å². The lowest BCUT2D eigenvalue weighted by Crippen LogP contribution is -2.31. The van der Waals surface area contributed by atoms with Gasteiger partial charge in [-0.25, -0.2) is 0 Å². The van der Waals surface area contributed by atoms with E-state index in [9.17, 15) is 0 Å². The van der Waals surface area contributed by atoms with Crippen LogP contribution < -0.4 is 4.74 Å². The number of fused-ring (bicyclic) bond motifs is 1. The molecule has 1 saturated heterocycles. The lowest BCUT2D eigenvalue weighted by atomic mass is 10.0. The Morgan fingerprint density at radius 1 is 0.958 bits per heavy atom. The van der Waals surface area contributed by atoms with Crippen molar-refractivity contribution in [3.63, 3.8) is 0 Å². The lowest BCUT2D eigenvalue weighted by Gasteiger charge is -2.26. The van der Waals surface area contributed by atoms with Crippen molar-refractivity contribution in [1.82, 2.24) is 9.80 Å². The zero-order valence-electron chi connectivity index (χ0n) is 14.7. The van der Waals surface area contributed by atoms with Gasteiger partial charge in [0.15, 0.2) is 0 Å². The molecule has 0 N–H and O–H groups in total. The molecule has 2 aliphatic heterocycles. The van der Waals surface area contributed by atoms with Crippen LogP contribution in [0.3, 0.4) is 0 Å². The molecule has 1 aromatic rings. The Bertz CT molecular complexity index is 560. The number of nitriles is 1. The molecule has 0 aliphatic carbocycles. The normalized spacial score (nSPS) is 19.3. The van der Waals surface area contributed by atoms with Gasteiger partial charge in [-0.15, -0.1) is 0 Å². The van der Waals surface area contributed by atoms with Gasteiger partial charge in [0, 0.05) is 19.6 Å². The average Bonchev–Trinajstić information content (AvgIpc) is 2.82. The smallest absolute Gasteiger partial charge is 0.119 e. The van der Waals surface area contributed by atoms with E-state index in [1.54, 1.807) is 0 Å². The second-order valence-corrected chi connectivity index (χ2v) is 6.97. The molecule has 0 aromatic heterocycles. The van der Waals surface area contributed by atoms with E-state index in [0.717, 1.165) is 51.3 Å². The third-order valence-electron chi connectivity index (χ3n) is 5.20. The molecule has 0 atom stereocenters. The summed E-state index contributed by atoms with van der Waals surface area (Å²) in [5.41, 5.74) is 2.81. The minimum Gasteiger partial charge on any atom is -0.494 e. The SMILES string of the molecule is N#CCN1CCc2ccc(OCCCN3CCCCC3)cc2CC1. The van der Waals surface area contributed by atoms with E-state index in [-0.39, 0.29) is 0 Å². The first-order chi connectivity index (χ1) is 11.8. The summed E-state index contributed by atoms with van der Waals surface area (Å²) in [7, 11) is 0. The maximum Gasteiger partial charge on any atom is 0.119 e. The molecule has 2 heterocycles. The van der Waals surface area contributed by atoms with Gasteiger partial charge in [-0.1, -0.05) is 12.5 Å². The van der Waals surface area contributed by atoms with Gasteiger partial charge in [0.05, 0.1) is 19.2 Å². The molecule has 2 aliphatic rings. The number of hydrogen-bond donors (Lipinski definition) is 0. The number of hydrogen-bond acceptors (Lipinski definition) is 4. The van der Waals surface area contributed by atoms with Crippen molar-refractivity contribution >= 4 is 0 Å². The maximum atomic E-state index is 8.87. The summed E-state index contributed by atoms with van der Waals surface area (Å²) >= 11 is 0. The summed E-state index contributed by atoms with van der Waals surface area (Å²) in [6.07, 6.45) is 7.26. The first kappa shape index (κ1) is 17.3. The topological polar surface area (TPSA) is 39.5 Å². The molecule has 0 spiro atoms. The summed E-state index contributed by atoms with van der Waals surface area (Å²) in [5.74, 6) is 1.00. The number of nitrogens with zero attached hydrogens (tertiary/aromatic N) is 3. The van der Waals surface area contributed by atoms with Crippen molar-refractivity contribution in [1.29, 1.82) is 5.26 Å². The zero-order chi connectivity index (χ0) is 16.6. The molecule has 24 heavy (non-hydrogen) atoms. The summed E-state index contributed by atoms with van der Waals surface area (Å²) in [6, 6.07) is 8.80. The van der Waals surface area contributed by atoms with Crippen LogP contribution in [0.25, 0.3) is 0 Å². The fourth-order valence-electron chi connectivity index (χ4n) is 3.76. The van der Waals surface area contributed by atoms with Crippen molar-refractivity contribution in [2.24, 2.45) is 0 Å². The fraction of sp³-hybridized carbons (Fsp3) is 0.650. The van der Waals surface area contributed by atoms with Crippen LogP contribution in [0.1, 0.15) is 36.8 Å². The number of piperidine rings is 1. The van der Waals surface area contributed by atoms with Gasteiger partial charge in [-0.05, 0) is 68.5 Å². The van der Waals surface area contributed by atoms with Crippen LogP contribution >= 0.6 is 0 Å². The van der Waals surface area contributed by atoms with Crippen LogP contribution in [0.5, 0.6) is 5.75 Å². The van der Waals surface area contributed by atoms with Crippen LogP contribution in [0.4, 0.5) is 0 Å². The molecule has 0 bridgehead atoms. The van der Waals surface area contributed by atoms with Crippen molar-refractivity contribution in [3.8, 4) is 11.8 Å². The highest BCUT2D eigenvalue weighted by Crippen LogP contribution is 2.22. The molecule has 0 saturated carbocycles. The Morgan fingerprint density at radius 3 is 2.54 bits per heavy atom. The third kappa shape index (κ3) is 4.96. The predicted molar refractivity (Wildman–Crippen MR) is 96.3 cm³/mol. The predicted octanol–water partition coefficient (Wildman–Crippen LogP) is 2.87. The first-order valence-electron chi connectivity index (χ1n) is 9.41. The summed E-state index contributed by atoms with van der Waals surface area (Å²) < 4.78 is 5.99. The second-order valence-electron chi connectivity index (χ2n) is 6.97.